The van der Waals surface area contributed by atoms with Crippen molar-refractivity contribution in [2.75, 3.05) is 6.26 Å². The minimum Gasteiger partial charge on any atom is -0.507 e. The van der Waals surface area contributed by atoms with Crippen molar-refractivity contribution in [3.05, 3.63) is 23.8 Å². The van der Waals surface area contributed by atoms with Gasteiger partial charge in [0.1, 0.15) is 5.75 Å². The van der Waals surface area contributed by atoms with Gasteiger partial charge in [-0.05, 0) is 17.9 Å². The summed E-state index contributed by atoms with van der Waals surface area (Å²) in [4.78, 5) is 11.1. The molecule has 0 aromatic heterocycles. The zero-order valence-corrected chi connectivity index (χ0v) is 7.97. The Morgan fingerprint density at radius 1 is 1.54 bits per heavy atom. The Morgan fingerprint density at radius 3 is 2.77 bits per heavy atom. The molecule has 0 amide bonds. The van der Waals surface area contributed by atoms with Gasteiger partial charge in [-0.3, -0.25) is 4.79 Å². The number of aromatic hydroxyl groups is 1. The quantitative estimate of drug-likeness (QED) is 0.726. The van der Waals surface area contributed by atoms with Crippen LogP contribution in [0.3, 0.4) is 0 Å². The smallest absolute Gasteiger partial charge is 0.307 e. The van der Waals surface area contributed by atoms with Crippen molar-refractivity contribution >= 4 is 17.7 Å². The van der Waals surface area contributed by atoms with E-state index in [1.54, 1.807) is 24.5 Å². The van der Waals surface area contributed by atoms with Crippen molar-refractivity contribution in [1.29, 1.82) is 0 Å². The molecule has 0 aliphatic carbocycles. The molecule has 0 heterocycles. The number of thioether (sulfide) groups is 1. The predicted octanol–water partition coefficient (Wildman–Crippen LogP) is 1.74. The van der Waals surface area contributed by atoms with E-state index in [2.05, 4.69) is 0 Å². The zero-order chi connectivity index (χ0) is 9.84. The lowest BCUT2D eigenvalue weighted by Gasteiger charge is -2.06. The highest BCUT2D eigenvalue weighted by Crippen LogP contribution is 2.30. The highest BCUT2D eigenvalue weighted by Gasteiger charge is 2.09. The molecule has 1 aromatic carbocycles. The van der Waals surface area contributed by atoms with Crippen molar-refractivity contribution in [2.24, 2.45) is 0 Å². The molecule has 0 saturated carbocycles. The normalized spacial score (nSPS) is 9.92. The molecule has 2 N–H and O–H groups in total. The fourth-order valence-electron chi connectivity index (χ4n) is 1.11. The maximum Gasteiger partial charge on any atom is 0.307 e. The summed E-state index contributed by atoms with van der Waals surface area (Å²) in [6.07, 6.45) is 1.75. The summed E-state index contributed by atoms with van der Waals surface area (Å²) in [5, 5.41) is 18.0. The van der Waals surface area contributed by atoms with Gasteiger partial charge in [0.2, 0.25) is 0 Å². The lowest BCUT2D eigenvalue weighted by atomic mass is 10.1. The summed E-state index contributed by atoms with van der Waals surface area (Å²) in [6.45, 7) is 0. The predicted molar refractivity (Wildman–Crippen MR) is 51.2 cm³/mol. The van der Waals surface area contributed by atoms with Crippen LogP contribution in [-0.2, 0) is 11.2 Å². The maximum atomic E-state index is 10.5. The molecule has 0 aliphatic heterocycles. The van der Waals surface area contributed by atoms with Gasteiger partial charge < -0.3 is 10.2 Å². The lowest BCUT2D eigenvalue weighted by Crippen LogP contribution is -2.01. The van der Waals surface area contributed by atoms with Crippen LogP contribution in [0.25, 0.3) is 0 Å². The minimum atomic E-state index is -0.888. The van der Waals surface area contributed by atoms with Crippen LogP contribution in [0.2, 0.25) is 0 Å². The Morgan fingerprint density at radius 2 is 2.23 bits per heavy atom. The van der Waals surface area contributed by atoms with Gasteiger partial charge >= 0.3 is 5.97 Å². The first-order valence-corrected chi connectivity index (χ1v) is 4.94. The van der Waals surface area contributed by atoms with Crippen LogP contribution in [0.15, 0.2) is 23.1 Å². The molecule has 0 bridgehead atoms. The van der Waals surface area contributed by atoms with Crippen LogP contribution < -0.4 is 0 Å². The molecular formula is C9H10O3S. The van der Waals surface area contributed by atoms with Gasteiger partial charge in [0.15, 0.2) is 0 Å². The standard InChI is InChI=1S/C9H10O3S/c1-13-9-6(5-8(11)12)3-2-4-7(9)10/h2-4,10H,5H2,1H3,(H,11,12). The summed E-state index contributed by atoms with van der Waals surface area (Å²) in [7, 11) is 0. The van der Waals surface area contributed by atoms with E-state index in [1.165, 1.54) is 11.8 Å². The second-order valence-electron chi connectivity index (χ2n) is 2.54. The molecule has 13 heavy (non-hydrogen) atoms. The molecule has 0 fully saturated rings. The van der Waals surface area contributed by atoms with Crippen molar-refractivity contribution in [2.45, 2.75) is 11.3 Å². The largest absolute Gasteiger partial charge is 0.507 e. The third-order valence-electron chi connectivity index (χ3n) is 1.62. The Hall–Kier alpha value is -1.16. The molecule has 0 atom stereocenters. The van der Waals surface area contributed by atoms with Gasteiger partial charge in [-0.15, -0.1) is 11.8 Å². The van der Waals surface area contributed by atoms with Crippen molar-refractivity contribution in [3.8, 4) is 5.75 Å². The average Bonchev–Trinajstić information content (AvgIpc) is 2.03. The van der Waals surface area contributed by atoms with Crippen LogP contribution in [-0.4, -0.2) is 22.4 Å². The zero-order valence-electron chi connectivity index (χ0n) is 7.15. The van der Waals surface area contributed by atoms with E-state index in [1.807, 2.05) is 0 Å². The van der Waals surface area contributed by atoms with Crippen LogP contribution >= 0.6 is 11.8 Å². The molecule has 1 aromatic rings. The maximum absolute atomic E-state index is 10.5. The lowest BCUT2D eigenvalue weighted by molar-refractivity contribution is -0.136. The number of carbonyl (C=O) groups is 1. The fourth-order valence-corrected chi connectivity index (χ4v) is 1.79. The number of hydrogen-bond donors (Lipinski definition) is 2. The topological polar surface area (TPSA) is 57.5 Å². The summed E-state index contributed by atoms with van der Waals surface area (Å²) in [5.74, 6) is -0.743. The number of benzene rings is 1. The SMILES string of the molecule is CSc1c(O)cccc1CC(=O)O. The Labute approximate surface area is 80.4 Å². The first-order valence-electron chi connectivity index (χ1n) is 3.71. The van der Waals surface area contributed by atoms with Gasteiger partial charge in [0, 0.05) is 0 Å². The third kappa shape index (κ3) is 2.39. The molecular weight excluding hydrogens is 188 g/mol. The number of carboxylic acids is 1. The van der Waals surface area contributed by atoms with Gasteiger partial charge in [0.05, 0.1) is 11.3 Å². The molecule has 4 heteroatoms. The van der Waals surface area contributed by atoms with Crippen molar-refractivity contribution in [1.82, 2.24) is 0 Å². The van der Waals surface area contributed by atoms with Crippen LogP contribution in [0.4, 0.5) is 0 Å². The number of phenolic OH excluding ortho intramolecular Hbond substituents is 1. The van der Waals surface area contributed by atoms with Crippen LogP contribution in [0.1, 0.15) is 5.56 Å². The second kappa shape index (κ2) is 4.18. The number of rotatable bonds is 3. The fraction of sp³-hybridized carbons (Fsp3) is 0.222. The van der Waals surface area contributed by atoms with E-state index >= 15 is 0 Å². The molecule has 0 radical (unpaired) electrons. The van der Waals surface area contributed by atoms with Gasteiger partial charge in [-0.2, -0.15) is 0 Å². The van der Waals surface area contributed by atoms with Gasteiger partial charge in [-0.1, -0.05) is 12.1 Å². The molecule has 3 nitrogen and oxygen atoms in total. The van der Waals surface area contributed by atoms with E-state index < -0.39 is 5.97 Å². The summed E-state index contributed by atoms with van der Waals surface area (Å²) < 4.78 is 0. The number of phenols is 1. The molecule has 70 valence electrons. The highest BCUT2D eigenvalue weighted by molar-refractivity contribution is 7.98. The molecule has 0 aliphatic rings. The van der Waals surface area contributed by atoms with Gasteiger partial charge in [-0.25, -0.2) is 0 Å². The molecule has 0 saturated heterocycles. The van der Waals surface area contributed by atoms with E-state index in [0.717, 1.165) is 0 Å². The first kappa shape index (κ1) is 9.92. The Bertz CT molecular complexity index is 323. The van der Waals surface area contributed by atoms with E-state index in [0.29, 0.717) is 10.5 Å². The third-order valence-corrected chi connectivity index (χ3v) is 2.50. The number of hydrogen-bond acceptors (Lipinski definition) is 3. The number of carboxylic acid groups (broad SMARTS) is 1. The second-order valence-corrected chi connectivity index (χ2v) is 3.36. The minimum absolute atomic E-state index is 0.0510. The number of aliphatic carboxylic acids is 1. The summed E-state index contributed by atoms with van der Waals surface area (Å²) in [5.41, 5.74) is 0.653. The monoisotopic (exact) mass is 198 g/mol. The van der Waals surface area contributed by atoms with E-state index in [9.17, 15) is 9.90 Å². The Balaban J connectivity index is 3.05. The molecule has 1 rings (SSSR count). The highest BCUT2D eigenvalue weighted by atomic mass is 32.2. The van der Waals surface area contributed by atoms with Crippen molar-refractivity contribution < 1.29 is 15.0 Å². The van der Waals surface area contributed by atoms with Crippen molar-refractivity contribution in [3.63, 3.8) is 0 Å². The summed E-state index contributed by atoms with van der Waals surface area (Å²) in [6, 6.07) is 4.91. The van der Waals surface area contributed by atoms with Crippen LogP contribution in [0.5, 0.6) is 5.75 Å². The van der Waals surface area contributed by atoms with E-state index in [-0.39, 0.29) is 12.2 Å². The Kier molecular flexibility index (Phi) is 3.19. The summed E-state index contributed by atoms with van der Waals surface area (Å²) >= 11 is 1.35. The molecule has 0 unspecified atom stereocenters. The van der Waals surface area contributed by atoms with Crippen LogP contribution in [0, 0.1) is 0 Å². The average molecular weight is 198 g/mol. The van der Waals surface area contributed by atoms with Gasteiger partial charge in [0.25, 0.3) is 0 Å². The first-order chi connectivity index (χ1) is 6.15. The molecule has 0 spiro atoms. The van der Waals surface area contributed by atoms with E-state index in [4.69, 9.17) is 5.11 Å².